The van der Waals surface area contributed by atoms with Crippen molar-refractivity contribution in [3.05, 3.63) is 0 Å². The van der Waals surface area contributed by atoms with E-state index in [9.17, 15) is 4.79 Å². The van der Waals surface area contributed by atoms with Gasteiger partial charge < -0.3 is 16.0 Å². The van der Waals surface area contributed by atoms with Crippen LogP contribution in [0.25, 0.3) is 0 Å². The van der Waals surface area contributed by atoms with Gasteiger partial charge in [-0.3, -0.25) is 0 Å². The quantitative estimate of drug-likeness (QED) is 0.693. The first-order valence-electron chi connectivity index (χ1n) is 5.53. The van der Waals surface area contributed by atoms with Crippen molar-refractivity contribution >= 4 is 6.03 Å². The Morgan fingerprint density at radius 3 is 2.43 bits per heavy atom. The molecule has 1 saturated heterocycles. The van der Waals surface area contributed by atoms with E-state index >= 15 is 0 Å². The van der Waals surface area contributed by atoms with Crippen LogP contribution in [-0.4, -0.2) is 36.6 Å². The molecule has 14 heavy (non-hydrogen) atoms. The molecule has 4 nitrogen and oxygen atoms in total. The summed E-state index contributed by atoms with van der Waals surface area (Å²) in [6, 6.07) is 0.330. The lowest BCUT2D eigenvalue weighted by atomic mass is 10.1. The zero-order valence-corrected chi connectivity index (χ0v) is 8.54. The van der Waals surface area contributed by atoms with Gasteiger partial charge in [0.2, 0.25) is 0 Å². The predicted molar refractivity (Wildman–Crippen MR) is 54.9 cm³/mol. The van der Waals surface area contributed by atoms with E-state index in [0.29, 0.717) is 6.04 Å². The number of primary amides is 1. The van der Waals surface area contributed by atoms with Gasteiger partial charge >= 0.3 is 6.03 Å². The average molecular weight is 197 g/mol. The Labute approximate surface area is 84.8 Å². The van der Waals surface area contributed by atoms with Gasteiger partial charge in [-0.05, 0) is 38.1 Å². The highest BCUT2D eigenvalue weighted by molar-refractivity contribution is 5.72. The fourth-order valence-electron chi connectivity index (χ4n) is 1.96. The van der Waals surface area contributed by atoms with Gasteiger partial charge in [0.1, 0.15) is 0 Å². The number of nitrogens with two attached hydrogens (primary N) is 1. The summed E-state index contributed by atoms with van der Waals surface area (Å²) >= 11 is 0. The van der Waals surface area contributed by atoms with Crippen molar-refractivity contribution < 1.29 is 4.79 Å². The van der Waals surface area contributed by atoms with Gasteiger partial charge in [0.15, 0.2) is 0 Å². The molecular formula is C10H19N3O. The highest BCUT2D eigenvalue weighted by Gasteiger charge is 2.24. The van der Waals surface area contributed by atoms with Crippen LogP contribution in [0.3, 0.4) is 0 Å². The van der Waals surface area contributed by atoms with Gasteiger partial charge in [-0.15, -0.1) is 0 Å². The van der Waals surface area contributed by atoms with Crippen molar-refractivity contribution in [3.63, 3.8) is 0 Å². The van der Waals surface area contributed by atoms with Crippen molar-refractivity contribution in [1.82, 2.24) is 10.2 Å². The van der Waals surface area contributed by atoms with E-state index in [1.165, 1.54) is 19.4 Å². The number of rotatable bonds is 3. The number of nitrogens with zero attached hydrogens (tertiary/aromatic N) is 1. The molecule has 0 radical (unpaired) electrons. The summed E-state index contributed by atoms with van der Waals surface area (Å²) in [5.41, 5.74) is 5.21. The monoisotopic (exact) mass is 197 g/mol. The molecular weight excluding hydrogens is 178 g/mol. The van der Waals surface area contributed by atoms with E-state index in [4.69, 9.17) is 5.73 Å². The van der Waals surface area contributed by atoms with Crippen LogP contribution in [0.5, 0.6) is 0 Å². The van der Waals surface area contributed by atoms with E-state index in [1.807, 2.05) is 0 Å². The summed E-state index contributed by atoms with van der Waals surface area (Å²) in [7, 11) is 0. The molecule has 0 aromatic rings. The van der Waals surface area contributed by atoms with Crippen molar-refractivity contribution in [2.45, 2.75) is 31.7 Å². The summed E-state index contributed by atoms with van der Waals surface area (Å²) in [5, 5.41) is 3.56. The Kier molecular flexibility index (Phi) is 2.91. The third-order valence-electron chi connectivity index (χ3n) is 3.20. The van der Waals surface area contributed by atoms with Crippen LogP contribution in [0.4, 0.5) is 4.79 Å². The minimum absolute atomic E-state index is 0.273. The van der Waals surface area contributed by atoms with Crippen LogP contribution in [0, 0.1) is 5.92 Å². The number of hydrogen-bond acceptors (Lipinski definition) is 2. The fourth-order valence-corrected chi connectivity index (χ4v) is 1.96. The fraction of sp³-hybridized carbons (Fsp3) is 0.900. The first-order valence-corrected chi connectivity index (χ1v) is 5.53. The molecule has 2 amide bonds. The van der Waals surface area contributed by atoms with Gasteiger partial charge in [-0.1, -0.05) is 0 Å². The number of likely N-dealkylation sites (tertiary alicyclic amines) is 1. The third-order valence-corrected chi connectivity index (χ3v) is 3.20. The molecule has 2 fully saturated rings. The minimum Gasteiger partial charge on any atom is -0.351 e. The van der Waals surface area contributed by atoms with Crippen molar-refractivity contribution in [2.24, 2.45) is 11.7 Å². The summed E-state index contributed by atoms with van der Waals surface area (Å²) < 4.78 is 0. The van der Waals surface area contributed by atoms with Gasteiger partial charge in [0, 0.05) is 19.1 Å². The molecule has 1 aliphatic carbocycles. The van der Waals surface area contributed by atoms with Crippen LogP contribution >= 0.6 is 0 Å². The highest BCUT2D eigenvalue weighted by atomic mass is 16.2. The second-order valence-electron chi connectivity index (χ2n) is 4.45. The predicted octanol–water partition coefficient (Wildman–Crippen LogP) is 0.529. The maximum Gasteiger partial charge on any atom is 0.314 e. The van der Waals surface area contributed by atoms with Crippen LogP contribution < -0.4 is 11.1 Å². The van der Waals surface area contributed by atoms with Crippen LogP contribution in [0.15, 0.2) is 0 Å². The smallest absolute Gasteiger partial charge is 0.314 e. The number of carbonyl (C=O) groups excluding carboxylic acids is 1. The number of urea groups is 1. The zero-order valence-electron chi connectivity index (χ0n) is 8.54. The largest absolute Gasteiger partial charge is 0.351 e. The SMILES string of the molecule is NC(=O)N1CCC(NCC2CC2)CC1. The first-order chi connectivity index (χ1) is 6.75. The maximum atomic E-state index is 10.9. The van der Waals surface area contributed by atoms with Crippen molar-refractivity contribution in [1.29, 1.82) is 0 Å². The second kappa shape index (κ2) is 4.17. The molecule has 4 heteroatoms. The van der Waals surface area contributed by atoms with Crippen molar-refractivity contribution in [2.75, 3.05) is 19.6 Å². The summed E-state index contributed by atoms with van der Waals surface area (Å²) in [4.78, 5) is 12.6. The number of hydrogen-bond donors (Lipinski definition) is 2. The Morgan fingerprint density at radius 2 is 1.93 bits per heavy atom. The molecule has 1 aliphatic heterocycles. The van der Waals surface area contributed by atoms with E-state index in [1.54, 1.807) is 4.90 Å². The molecule has 2 aliphatic rings. The highest BCUT2D eigenvalue weighted by Crippen LogP contribution is 2.28. The van der Waals surface area contributed by atoms with Gasteiger partial charge in [0.25, 0.3) is 0 Å². The molecule has 80 valence electrons. The molecule has 2 rings (SSSR count). The summed E-state index contributed by atoms with van der Waals surface area (Å²) in [6.07, 6.45) is 4.89. The normalized spacial score (nSPS) is 23.9. The van der Waals surface area contributed by atoms with Gasteiger partial charge in [-0.2, -0.15) is 0 Å². The lowest BCUT2D eigenvalue weighted by molar-refractivity contribution is 0.185. The van der Waals surface area contributed by atoms with Gasteiger partial charge in [0.05, 0.1) is 0 Å². The molecule has 0 aromatic heterocycles. The molecule has 0 aromatic carbocycles. The average Bonchev–Trinajstić information content (AvgIpc) is 2.99. The Bertz CT molecular complexity index is 207. The summed E-state index contributed by atoms with van der Waals surface area (Å²) in [6.45, 7) is 2.80. The Morgan fingerprint density at radius 1 is 1.29 bits per heavy atom. The third kappa shape index (κ3) is 2.61. The number of carbonyl (C=O) groups is 1. The van der Waals surface area contributed by atoms with Crippen molar-refractivity contribution in [3.8, 4) is 0 Å². The molecule has 0 bridgehead atoms. The second-order valence-corrected chi connectivity index (χ2v) is 4.45. The molecule has 0 unspecified atom stereocenters. The Hall–Kier alpha value is -0.770. The zero-order chi connectivity index (χ0) is 9.97. The lowest BCUT2D eigenvalue weighted by Gasteiger charge is -2.31. The molecule has 1 heterocycles. The van der Waals surface area contributed by atoms with Crippen LogP contribution in [-0.2, 0) is 0 Å². The first kappa shape index (κ1) is 9.77. The lowest BCUT2D eigenvalue weighted by Crippen LogP contribution is -2.47. The maximum absolute atomic E-state index is 10.9. The van der Waals surface area contributed by atoms with E-state index in [0.717, 1.165) is 31.8 Å². The van der Waals surface area contributed by atoms with Gasteiger partial charge in [-0.25, -0.2) is 4.79 Å². The summed E-state index contributed by atoms with van der Waals surface area (Å²) in [5.74, 6) is 0.934. The van der Waals surface area contributed by atoms with Crippen LogP contribution in [0.2, 0.25) is 0 Å². The standard InChI is InChI=1S/C10H19N3O/c11-10(14)13-5-3-9(4-6-13)12-7-8-1-2-8/h8-9,12H,1-7H2,(H2,11,14). The molecule has 0 atom stereocenters. The number of nitrogens with one attached hydrogen (secondary N) is 1. The number of amides is 2. The molecule has 0 spiro atoms. The topological polar surface area (TPSA) is 58.4 Å². The molecule has 3 N–H and O–H groups in total. The van der Waals surface area contributed by atoms with E-state index in [-0.39, 0.29) is 6.03 Å². The molecule has 1 saturated carbocycles. The van der Waals surface area contributed by atoms with Crippen LogP contribution in [0.1, 0.15) is 25.7 Å². The number of piperidine rings is 1. The van der Waals surface area contributed by atoms with E-state index < -0.39 is 0 Å². The van der Waals surface area contributed by atoms with E-state index in [2.05, 4.69) is 5.32 Å². The minimum atomic E-state index is -0.273. The Balaban J connectivity index is 1.64.